The fraction of sp³-hybridized carbons (Fsp3) is 0.650. The molecule has 1 aromatic carbocycles. The number of nitrogens with one attached hydrogen (secondary N) is 1. The molecule has 0 aliphatic carbocycles. The van der Waals surface area contributed by atoms with Gasteiger partial charge in [-0.25, -0.2) is 0 Å². The third-order valence-electron chi connectivity index (χ3n) is 6.40. The number of hydrogen-bond donors (Lipinski definition) is 1. The number of piperidine rings is 2. The zero-order valence-electron chi connectivity index (χ0n) is 15.2. The van der Waals surface area contributed by atoms with Gasteiger partial charge in [0.25, 0.3) is 0 Å². The summed E-state index contributed by atoms with van der Waals surface area (Å²) in [4.78, 5) is 17.4. The van der Waals surface area contributed by atoms with Crippen molar-refractivity contribution >= 4 is 11.6 Å². The van der Waals surface area contributed by atoms with E-state index in [0.717, 1.165) is 57.7 Å². The van der Waals surface area contributed by atoms with Gasteiger partial charge in [0.1, 0.15) is 5.75 Å². The van der Waals surface area contributed by atoms with Crippen LogP contribution < -0.4 is 15.0 Å². The van der Waals surface area contributed by atoms with Crippen LogP contribution in [0.25, 0.3) is 0 Å². The van der Waals surface area contributed by atoms with E-state index in [2.05, 4.69) is 27.2 Å². The fourth-order valence-corrected chi connectivity index (χ4v) is 4.82. The first-order valence-corrected chi connectivity index (χ1v) is 9.62. The zero-order chi connectivity index (χ0) is 17.3. The molecule has 5 heteroatoms. The maximum absolute atomic E-state index is 12.4. The molecular weight excluding hydrogens is 314 g/mol. The Bertz CT molecular complexity index is 610. The fourth-order valence-electron chi connectivity index (χ4n) is 4.82. The highest BCUT2D eigenvalue weighted by Crippen LogP contribution is 2.39. The van der Waals surface area contributed by atoms with E-state index >= 15 is 0 Å². The second-order valence-corrected chi connectivity index (χ2v) is 7.78. The molecule has 3 aliphatic rings. The van der Waals surface area contributed by atoms with Crippen LogP contribution in [0.4, 0.5) is 5.69 Å². The average molecular weight is 343 g/mol. The Hall–Kier alpha value is -1.75. The first-order valence-electron chi connectivity index (χ1n) is 9.62. The summed E-state index contributed by atoms with van der Waals surface area (Å²) in [7, 11) is 1.70. The Labute approximate surface area is 150 Å². The predicted molar refractivity (Wildman–Crippen MR) is 99.1 cm³/mol. The van der Waals surface area contributed by atoms with Crippen LogP contribution >= 0.6 is 0 Å². The van der Waals surface area contributed by atoms with E-state index in [0.29, 0.717) is 11.9 Å². The lowest BCUT2D eigenvalue weighted by Crippen LogP contribution is -2.49. The first-order chi connectivity index (χ1) is 12.2. The molecule has 0 bridgehead atoms. The lowest BCUT2D eigenvalue weighted by atomic mass is 9.79. The molecule has 0 saturated carbocycles. The highest BCUT2D eigenvalue weighted by atomic mass is 16.5. The quantitative estimate of drug-likeness (QED) is 0.914. The molecule has 1 amide bonds. The summed E-state index contributed by atoms with van der Waals surface area (Å²) in [5, 5.41) is 3.09. The van der Waals surface area contributed by atoms with E-state index in [-0.39, 0.29) is 5.41 Å². The van der Waals surface area contributed by atoms with Crippen LogP contribution in [-0.4, -0.2) is 56.7 Å². The number of carbonyl (C=O) groups excluding carboxylic acids is 1. The maximum atomic E-state index is 12.4. The van der Waals surface area contributed by atoms with Crippen LogP contribution in [0, 0.1) is 5.41 Å². The molecule has 0 radical (unpaired) electrons. The second-order valence-electron chi connectivity index (χ2n) is 7.78. The van der Waals surface area contributed by atoms with Gasteiger partial charge in [-0.3, -0.25) is 9.69 Å². The second kappa shape index (κ2) is 6.87. The van der Waals surface area contributed by atoms with Crippen molar-refractivity contribution in [3.8, 4) is 5.75 Å². The predicted octanol–water partition coefficient (Wildman–Crippen LogP) is 2.27. The number of benzene rings is 1. The zero-order valence-corrected chi connectivity index (χ0v) is 15.2. The van der Waals surface area contributed by atoms with Crippen molar-refractivity contribution < 1.29 is 9.53 Å². The first kappa shape index (κ1) is 16.7. The number of rotatable bonds is 3. The molecule has 1 spiro atoms. The van der Waals surface area contributed by atoms with Crippen LogP contribution in [0.5, 0.6) is 5.75 Å². The normalized spacial score (nSPS) is 28.4. The largest absolute Gasteiger partial charge is 0.497 e. The van der Waals surface area contributed by atoms with Crippen molar-refractivity contribution in [1.29, 1.82) is 0 Å². The number of methoxy groups -OCH3 is 1. The van der Waals surface area contributed by atoms with Crippen LogP contribution in [-0.2, 0) is 4.79 Å². The lowest BCUT2D eigenvalue weighted by molar-refractivity contribution is -0.132. The van der Waals surface area contributed by atoms with Crippen molar-refractivity contribution in [2.75, 3.05) is 44.7 Å². The molecule has 5 nitrogen and oxygen atoms in total. The van der Waals surface area contributed by atoms with Crippen LogP contribution in [0.2, 0.25) is 0 Å². The average Bonchev–Trinajstić information content (AvgIpc) is 3.10. The number of anilines is 1. The van der Waals surface area contributed by atoms with Gasteiger partial charge in [-0.1, -0.05) is 0 Å². The van der Waals surface area contributed by atoms with Crippen molar-refractivity contribution in [3.63, 3.8) is 0 Å². The number of carbonyl (C=O) groups is 1. The Morgan fingerprint density at radius 3 is 2.56 bits per heavy atom. The molecule has 1 atom stereocenters. The highest BCUT2D eigenvalue weighted by molar-refractivity contribution is 5.84. The molecule has 25 heavy (non-hydrogen) atoms. The highest BCUT2D eigenvalue weighted by Gasteiger charge is 2.47. The van der Waals surface area contributed by atoms with Gasteiger partial charge in [-0.15, -0.1) is 0 Å². The molecule has 0 aromatic heterocycles. The van der Waals surface area contributed by atoms with Crippen molar-refractivity contribution in [2.24, 2.45) is 5.41 Å². The van der Waals surface area contributed by atoms with Gasteiger partial charge in [0.15, 0.2) is 0 Å². The van der Waals surface area contributed by atoms with Crippen LogP contribution in [0.15, 0.2) is 24.3 Å². The third kappa shape index (κ3) is 3.22. The van der Waals surface area contributed by atoms with Gasteiger partial charge in [0.05, 0.1) is 12.5 Å². The summed E-state index contributed by atoms with van der Waals surface area (Å²) >= 11 is 0. The van der Waals surface area contributed by atoms with E-state index in [1.54, 1.807) is 7.11 Å². The molecule has 136 valence electrons. The molecule has 3 saturated heterocycles. The Balaban J connectivity index is 1.33. The smallest absolute Gasteiger partial charge is 0.227 e. The van der Waals surface area contributed by atoms with Crippen molar-refractivity contribution in [3.05, 3.63) is 24.3 Å². The van der Waals surface area contributed by atoms with Gasteiger partial charge >= 0.3 is 0 Å². The summed E-state index contributed by atoms with van der Waals surface area (Å²) in [5.41, 5.74) is 1.19. The van der Waals surface area contributed by atoms with Gasteiger partial charge in [-0.05, 0) is 62.9 Å². The molecule has 3 fully saturated rings. The Morgan fingerprint density at radius 2 is 1.88 bits per heavy atom. The van der Waals surface area contributed by atoms with E-state index in [9.17, 15) is 4.79 Å². The van der Waals surface area contributed by atoms with Gasteiger partial charge in [0.2, 0.25) is 5.91 Å². The number of nitrogens with zero attached hydrogens (tertiary/aromatic N) is 2. The summed E-state index contributed by atoms with van der Waals surface area (Å²) < 4.78 is 5.25. The number of hydrogen-bond acceptors (Lipinski definition) is 4. The summed E-state index contributed by atoms with van der Waals surface area (Å²) in [6.45, 7) is 5.09. The molecule has 3 aliphatic heterocycles. The molecule has 1 unspecified atom stereocenters. The molecule has 3 heterocycles. The minimum absolute atomic E-state index is 0.0919. The van der Waals surface area contributed by atoms with E-state index in [1.165, 1.54) is 18.5 Å². The lowest BCUT2D eigenvalue weighted by Gasteiger charge is -2.39. The topological polar surface area (TPSA) is 44.8 Å². The Morgan fingerprint density at radius 1 is 1.12 bits per heavy atom. The van der Waals surface area contributed by atoms with Crippen LogP contribution in [0.1, 0.15) is 32.1 Å². The van der Waals surface area contributed by atoms with Crippen LogP contribution in [0.3, 0.4) is 0 Å². The minimum Gasteiger partial charge on any atom is -0.497 e. The monoisotopic (exact) mass is 343 g/mol. The molecule has 1 N–H and O–H groups in total. The van der Waals surface area contributed by atoms with Gasteiger partial charge < -0.3 is 15.0 Å². The van der Waals surface area contributed by atoms with E-state index < -0.39 is 0 Å². The standard InChI is InChI=1S/C20H29N3O2/c1-25-18-5-3-16(4-6-18)22-12-7-17(8-13-22)23-14-10-20(15-23)9-2-11-21-19(20)24/h3-6,17H,2,7-15H2,1H3,(H,21,24). The molecular formula is C20H29N3O2. The molecule has 4 rings (SSSR count). The minimum atomic E-state index is -0.0919. The van der Waals surface area contributed by atoms with E-state index in [1.807, 2.05) is 12.1 Å². The third-order valence-corrected chi connectivity index (χ3v) is 6.40. The van der Waals surface area contributed by atoms with Crippen molar-refractivity contribution in [1.82, 2.24) is 10.2 Å². The SMILES string of the molecule is COc1ccc(N2CCC(N3CCC4(CCCNC4=O)C3)CC2)cc1. The molecule has 1 aromatic rings. The number of ether oxygens (including phenoxy) is 1. The van der Waals surface area contributed by atoms with Gasteiger partial charge in [-0.2, -0.15) is 0 Å². The van der Waals surface area contributed by atoms with Gasteiger partial charge in [0, 0.05) is 37.9 Å². The van der Waals surface area contributed by atoms with Crippen molar-refractivity contribution in [2.45, 2.75) is 38.1 Å². The Kier molecular flexibility index (Phi) is 4.59. The summed E-state index contributed by atoms with van der Waals surface area (Å²) in [6.07, 6.45) is 5.61. The summed E-state index contributed by atoms with van der Waals surface area (Å²) in [5.74, 6) is 1.21. The number of likely N-dealkylation sites (tertiary alicyclic amines) is 1. The maximum Gasteiger partial charge on any atom is 0.227 e. The van der Waals surface area contributed by atoms with E-state index in [4.69, 9.17) is 4.74 Å². The number of amides is 1. The summed E-state index contributed by atoms with van der Waals surface area (Å²) in [6, 6.07) is 9.00.